The van der Waals surface area contributed by atoms with Gasteiger partial charge in [-0.15, -0.1) is 0 Å². The lowest BCUT2D eigenvalue weighted by atomic mass is 10.1. The summed E-state index contributed by atoms with van der Waals surface area (Å²) in [6.45, 7) is -0.560. The molecule has 0 saturated heterocycles. The van der Waals surface area contributed by atoms with E-state index < -0.39 is 36.6 Å². The van der Waals surface area contributed by atoms with E-state index in [1.54, 1.807) is 0 Å². The van der Waals surface area contributed by atoms with Crippen molar-refractivity contribution in [3.8, 4) is 0 Å². The minimum atomic E-state index is -1.69. The molecule has 0 aromatic carbocycles. The van der Waals surface area contributed by atoms with Crippen LogP contribution in [-0.2, 0) is 4.74 Å². The molecule has 1 aliphatic heterocycles. The summed E-state index contributed by atoms with van der Waals surface area (Å²) in [5.74, 6) is -1.60. The monoisotopic (exact) mass is 178 g/mol. The van der Waals surface area contributed by atoms with Gasteiger partial charge in [0.15, 0.2) is 11.5 Å². The molecule has 0 amide bonds. The lowest BCUT2D eigenvalue weighted by Crippen LogP contribution is -2.43. The first-order chi connectivity index (χ1) is 5.57. The smallest absolute Gasteiger partial charge is 0.218 e. The van der Waals surface area contributed by atoms with Gasteiger partial charge in [-0.2, -0.15) is 0 Å². The van der Waals surface area contributed by atoms with Crippen LogP contribution in [0.5, 0.6) is 0 Å². The molecule has 12 heavy (non-hydrogen) atoms. The summed E-state index contributed by atoms with van der Waals surface area (Å²) in [5.41, 5.74) is 0. The molecule has 6 heteroatoms. The van der Waals surface area contributed by atoms with Gasteiger partial charge in [0.1, 0.15) is 12.2 Å². The quantitative estimate of drug-likeness (QED) is 0.330. The van der Waals surface area contributed by atoms with Crippen molar-refractivity contribution in [2.24, 2.45) is 0 Å². The normalized spacial score (nSPS) is 37.1. The van der Waals surface area contributed by atoms with Crippen molar-refractivity contribution in [1.82, 2.24) is 0 Å². The number of hydrogen-bond acceptors (Lipinski definition) is 6. The molecule has 0 fully saturated rings. The van der Waals surface area contributed by atoms with Crippen molar-refractivity contribution in [1.29, 1.82) is 0 Å². The van der Waals surface area contributed by atoms with Crippen LogP contribution in [0.1, 0.15) is 0 Å². The summed E-state index contributed by atoms with van der Waals surface area (Å²) in [5, 5.41) is 44.3. The standard InChI is InChI=1S/C6H10O6/c7-1-2-3(8)4(9)5(10)6(11)12-2/h2-3,6-11H,1H2/t2-,3-,6+/m1/s1. The zero-order chi connectivity index (χ0) is 9.30. The van der Waals surface area contributed by atoms with Crippen molar-refractivity contribution in [3.63, 3.8) is 0 Å². The molecule has 5 N–H and O–H groups in total. The van der Waals surface area contributed by atoms with Gasteiger partial charge in [-0.1, -0.05) is 0 Å². The molecule has 70 valence electrons. The van der Waals surface area contributed by atoms with E-state index in [4.69, 9.17) is 25.5 Å². The summed E-state index contributed by atoms with van der Waals surface area (Å²) in [6, 6.07) is 0. The van der Waals surface area contributed by atoms with Crippen molar-refractivity contribution in [2.75, 3.05) is 6.61 Å². The third-order valence-corrected chi connectivity index (χ3v) is 1.61. The Kier molecular flexibility index (Phi) is 2.53. The van der Waals surface area contributed by atoms with E-state index in [-0.39, 0.29) is 0 Å². The molecule has 0 radical (unpaired) electrons. The summed E-state index contributed by atoms with van der Waals surface area (Å²) in [6.07, 6.45) is -4.31. The lowest BCUT2D eigenvalue weighted by Gasteiger charge is -2.29. The van der Waals surface area contributed by atoms with E-state index in [1.807, 2.05) is 0 Å². The van der Waals surface area contributed by atoms with E-state index in [0.717, 1.165) is 0 Å². The van der Waals surface area contributed by atoms with Gasteiger partial charge in [-0.05, 0) is 0 Å². The van der Waals surface area contributed by atoms with Crippen molar-refractivity contribution < 1.29 is 30.3 Å². The second kappa shape index (κ2) is 3.28. The molecule has 0 spiro atoms. The van der Waals surface area contributed by atoms with Gasteiger partial charge < -0.3 is 30.3 Å². The zero-order valence-corrected chi connectivity index (χ0v) is 6.08. The first-order valence-electron chi connectivity index (χ1n) is 3.32. The van der Waals surface area contributed by atoms with Crippen molar-refractivity contribution in [3.05, 3.63) is 11.5 Å². The Hall–Kier alpha value is -0.820. The second-order valence-electron chi connectivity index (χ2n) is 2.42. The SMILES string of the molecule is OC[C@H]1O[C@H](O)C(O)=C(O)[C@@H]1O. The molecule has 0 aromatic heterocycles. The molecule has 1 aliphatic rings. The van der Waals surface area contributed by atoms with E-state index in [9.17, 15) is 0 Å². The first-order valence-corrected chi connectivity index (χ1v) is 3.32. The molecular weight excluding hydrogens is 168 g/mol. The largest absolute Gasteiger partial charge is 0.506 e. The molecule has 0 aliphatic carbocycles. The number of aliphatic hydroxyl groups excluding tert-OH is 5. The lowest BCUT2D eigenvalue weighted by molar-refractivity contribution is -0.188. The van der Waals surface area contributed by atoms with E-state index in [0.29, 0.717) is 0 Å². The van der Waals surface area contributed by atoms with Crippen LogP contribution in [0.4, 0.5) is 0 Å². The highest BCUT2D eigenvalue weighted by atomic mass is 16.6. The van der Waals surface area contributed by atoms with Crippen LogP contribution in [0.15, 0.2) is 11.5 Å². The summed E-state index contributed by atoms with van der Waals surface area (Å²) in [4.78, 5) is 0. The number of hydrogen-bond donors (Lipinski definition) is 5. The van der Waals surface area contributed by atoms with Gasteiger partial charge in [0.25, 0.3) is 0 Å². The molecule has 3 atom stereocenters. The third kappa shape index (κ3) is 1.37. The predicted octanol–water partition coefficient (Wildman–Crippen LogP) is -1.62. The fraction of sp³-hybridized carbons (Fsp3) is 0.667. The second-order valence-corrected chi connectivity index (χ2v) is 2.42. The van der Waals surface area contributed by atoms with Gasteiger partial charge in [0, 0.05) is 0 Å². The molecule has 1 heterocycles. The molecule has 0 saturated carbocycles. The van der Waals surface area contributed by atoms with Crippen LogP contribution in [0.2, 0.25) is 0 Å². The Morgan fingerprint density at radius 1 is 1.17 bits per heavy atom. The Morgan fingerprint density at radius 2 is 1.75 bits per heavy atom. The van der Waals surface area contributed by atoms with Gasteiger partial charge in [0.05, 0.1) is 6.61 Å². The number of aliphatic hydroxyl groups is 5. The fourth-order valence-electron chi connectivity index (χ4n) is 0.901. The minimum absolute atomic E-state index is 0.560. The maximum Gasteiger partial charge on any atom is 0.218 e. The highest BCUT2D eigenvalue weighted by Crippen LogP contribution is 2.21. The van der Waals surface area contributed by atoms with Crippen LogP contribution in [0.25, 0.3) is 0 Å². The molecule has 6 nitrogen and oxygen atoms in total. The predicted molar refractivity (Wildman–Crippen MR) is 36.3 cm³/mol. The molecule has 0 unspecified atom stereocenters. The van der Waals surface area contributed by atoms with Gasteiger partial charge in [-0.25, -0.2) is 0 Å². The molecular formula is C6H10O6. The summed E-state index contributed by atoms with van der Waals surface area (Å²) >= 11 is 0. The summed E-state index contributed by atoms with van der Waals surface area (Å²) in [7, 11) is 0. The fourth-order valence-corrected chi connectivity index (χ4v) is 0.901. The van der Waals surface area contributed by atoms with Crippen LogP contribution in [0.3, 0.4) is 0 Å². The number of rotatable bonds is 1. The minimum Gasteiger partial charge on any atom is -0.506 e. The van der Waals surface area contributed by atoms with Crippen LogP contribution < -0.4 is 0 Å². The highest BCUT2D eigenvalue weighted by molar-refractivity contribution is 5.11. The first kappa shape index (κ1) is 9.27. The average molecular weight is 178 g/mol. The number of ether oxygens (including phenoxy) is 1. The van der Waals surface area contributed by atoms with Crippen LogP contribution in [0, 0.1) is 0 Å². The van der Waals surface area contributed by atoms with Gasteiger partial charge >= 0.3 is 0 Å². The third-order valence-electron chi connectivity index (χ3n) is 1.61. The Labute approximate surface area is 68.0 Å². The van der Waals surface area contributed by atoms with Crippen LogP contribution in [-0.4, -0.2) is 50.6 Å². The topological polar surface area (TPSA) is 110 Å². The molecule has 0 bridgehead atoms. The van der Waals surface area contributed by atoms with E-state index in [1.165, 1.54) is 0 Å². The van der Waals surface area contributed by atoms with Crippen molar-refractivity contribution in [2.45, 2.75) is 18.5 Å². The van der Waals surface area contributed by atoms with Crippen LogP contribution >= 0.6 is 0 Å². The zero-order valence-electron chi connectivity index (χ0n) is 6.08. The maximum atomic E-state index is 9.06. The van der Waals surface area contributed by atoms with Crippen molar-refractivity contribution >= 4 is 0 Å². The van der Waals surface area contributed by atoms with E-state index >= 15 is 0 Å². The van der Waals surface area contributed by atoms with E-state index in [2.05, 4.69) is 4.74 Å². The maximum absolute atomic E-state index is 9.06. The highest BCUT2D eigenvalue weighted by Gasteiger charge is 2.35. The average Bonchev–Trinajstić information content (AvgIpc) is 2.08. The molecule has 1 rings (SSSR count). The van der Waals surface area contributed by atoms with Gasteiger partial charge in [-0.3, -0.25) is 0 Å². The Morgan fingerprint density at radius 3 is 2.25 bits per heavy atom. The Bertz CT molecular complexity index is 200. The molecule has 0 aromatic rings. The Balaban J connectivity index is 2.85. The summed E-state index contributed by atoms with van der Waals surface area (Å²) < 4.78 is 4.52. The van der Waals surface area contributed by atoms with Gasteiger partial charge in [0.2, 0.25) is 6.29 Å².